The Morgan fingerprint density at radius 2 is 2.36 bits per heavy atom. The molecule has 1 nitrogen and oxygen atoms in total. The highest BCUT2D eigenvalue weighted by Gasteiger charge is 2.07. The summed E-state index contributed by atoms with van der Waals surface area (Å²) in [4.78, 5) is 4.48. The Hall–Kier alpha value is -0.330. The SMILES string of the molecule is CCCCCC1CCCC=N1. The van der Waals surface area contributed by atoms with E-state index in [0.29, 0.717) is 6.04 Å². The topological polar surface area (TPSA) is 12.4 Å². The molecule has 0 saturated heterocycles. The first-order chi connectivity index (χ1) is 5.43. The van der Waals surface area contributed by atoms with E-state index in [1.165, 1.54) is 44.9 Å². The Bertz CT molecular complexity index is 118. The van der Waals surface area contributed by atoms with Crippen LogP contribution in [0.3, 0.4) is 0 Å². The van der Waals surface area contributed by atoms with Crippen LogP contribution >= 0.6 is 0 Å². The molecule has 0 saturated carbocycles. The Balaban J connectivity index is 2.05. The lowest BCUT2D eigenvalue weighted by atomic mass is 10.0. The number of aliphatic imine (C=N–C) groups is 1. The van der Waals surface area contributed by atoms with Crippen molar-refractivity contribution in [3.05, 3.63) is 0 Å². The molecule has 64 valence electrons. The number of rotatable bonds is 4. The maximum absolute atomic E-state index is 4.48. The van der Waals surface area contributed by atoms with Gasteiger partial charge in [-0.1, -0.05) is 26.2 Å². The van der Waals surface area contributed by atoms with Gasteiger partial charge in [0.05, 0.1) is 0 Å². The molecule has 0 spiro atoms. The van der Waals surface area contributed by atoms with E-state index < -0.39 is 0 Å². The van der Waals surface area contributed by atoms with Gasteiger partial charge in [-0.15, -0.1) is 0 Å². The third-order valence-electron chi connectivity index (χ3n) is 2.33. The van der Waals surface area contributed by atoms with E-state index in [-0.39, 0.29) is 0 Å². The minimum absolute atomic E-state index is 0.676. The fraction of sp³-hybridized carbons (Fsp3) is 0.900. The molecule has 0 fully saturated rings. The summed E-state index contributed by atoms with van der Waals surface area (Å²) in [5.74, 6) is 0. The van der Waals surface area contributed by atoms with Crippen LogP contribution < -0.4 is 0 Å². The lowest BCUT2D eigenvalue weighted by Crippen LogP contribution is -2.08. The highest BCUT2D eigenvalue weighted by atomic mass is 14.8. The zero-order valence-corrected chi connectivity index (χ0v) is 7.55. The number of nitrogens with zero attached hydrogens (tertiary/aromatic N) is 1. The fourth-order valence-corrected chi connectivity index (χ4v) is 1.59. The first kappa shape index (κ1) is 8.76. The fourth-order valence-electron chi connectivity index (χ4n) is 1.59. The molecule has 0 aromatic carbocycles. The average molecular weight is 153 g/mol. The van der Waals surface area contributed by atoms with Crippen molar-refractivity contribution in [3.8, 4) is 0 Å². The number of hydrogen-bond acceptors (Lipinski definition) is 1. The monoisotopic (exact) mass is 153 g/mol. The van der Waals surface area contributed by atoms with Crippen LogP contribution in [0.2, 0.25) is 0 Å². The molecule has 0 aromatic rings. The standard InChI is InChI=1S/C10H19N/c1-2-3-4-7-10-8-5-6-9-11-10/h9-10H,2-8H2,1H3. The van der Waals surface area contributed by atoms with Crippen LogP contribution in [0.1, 0.15) is 51.9 Å². The van der Waals surface area contributed by atoms with E-state index in [1.54, 1.807) is 0 Å². The molecular formula is C10H19N. The summed E-state index contributed by atoms with van der Waals surface area (Å²) < 4.78 is 0. The zero-order chi connectivity index (χ0) is 7.94. The number of unbranched alkanes of at least 4 members (excludes halogenated alkanes) is 2. The van der Waals surface area contributed by atoms with Gasteiger partial charge in [0.15, 0.2) is 0 Å². The second-order valence-corrected chi connectivity index (χ2v) is 3.41. The summed E-state index contributed by atoms with van der Waals surface area (Å²) in [5.41, 5.74) is 0. The predicted molar refractivity (Wildman–Crippen MR) is 50.3 cm³/mol. The van der Waals surface area contributed by atoms with Crippen LogP contribution in [0.4, 0.5) is 0 Å². The summed E-state index contributed by atoms with van der Waals surface area (Å²) in [6.07, 6.45) is 11.4. The molecular weight excluding hydrogens is 134 g/mol. The quantitative estimate of drug-likeness (QED) is 0.550. The molecule has 1 unspecified atom stereocenters. The van der Waals surface area contributed by atoms with Crippen molar-refractivity contribution < 1.29 is 0 Å². The van der Waals surface area contributed by atoms with Crippen LogP contribution in [0.25, 0.3) is 0 Å². The van der Waals surface area contributed by atoms with Crippen molar-refractivity contribution in [2.75, 3.05) is 0 Å². The highest BCUT2D eigenvalue weighted by molar-refractivity contribution is 5.58. The Morgan fingerprint density at radius 1 is 1.45 bits per heavy atom. The molecule has 11 heavy (non-hydrogen) atoms. The molecule has 1 aliphatic heterocycles. The van der Waals surface area contributed by atoms with E-state index in [2.05, 4.69) is 18.1 Å². The highest BCUT2D eigenvalue weighted by Crippen LogP contribution is 2.15. The van der Waals surface area contributed by atoms with Gasteiger partial charge in [-0.3, -0.25) is 4.99 Å². The molecule has 1 heteroatoms. The van der Waals surface area contributed by atoms with Crippen LogP contribution in [0.15, 0.2) is 4.99 Å². The molecule has 0 bridgehead atoms. The first-order valence-electron chi connectivity index (χ1n) is 4.95. The van der Waals surface area contributed by atoms with Crippen LogP contribution in [-0.4, -0.2) is 12.3 Å². The predicted octanol–water partition coefficient (Wildman–Crippen LogP) is 3.19. The van der Waals surface area contributed by atoms with Crippen molar-refractivity contribution in [2.45, 2.75) is 57.9 Å². The Labute approximate surface area is 69.9 Å². The van der Waals surface area contributed by atoms with Crippen molar-refractivity contribution in [2.24, 2.45) is 4.99 Å². The van der Waals surface area contributed by atoms with Gasteiger partial charge in [0.25, 0.3) is 0 Å². The lowest BCUT2D eigenvalue weighted by Gasteiger charge is -2.14. The van der Waals surface area contributed by atoms with E-state index >= 15 is 0 Å². The molecule has 0 aromatic heterocycles. The summed E-state index contributed by atoms with van der Waals surface area (Å²) in [7, 11) is 0. The van der Waals surface area contributed by atoms with Gasteiger partial charge in [0.1, 0.15) is 0 Å². The minimum atomic E-state index is 0.676. The Kier molecular flexibility index (Phi) is 4.25. The molecule has 1 aliphatic rings. The molecule has 0 amide bonds. The maximum atomic E-state index is 4.48. The second kappa shape index (κ2) is 5.34. The van der Waals surface area contributed by atoms with Gasteiger partial charge in [-0.2, -0.15) is 0 Å². The zero-order valence-electron chi connectivity index (χ0n) is 7.55. The van der Waals surface area contributed by atoms with Gasteiger partial charge in [0.2, 0.25) is 0 Å². The van der Waals surface area contributed by atoms with Gasteiger partial charge in [0, 0.05) is 6.04 Å². The van der Waals surface area contributed by atoms with E-state index in [0.717, 1.165) is 0 Å². The summed E-state index contributed by atoms with van der Waals surface area (Å²) in [6, 6.07) is 0.676. The van der Waals surface area contributed by atoms with Crippen molar-refractivity contribution in [1.29, 1.82) is 0 Å². The van der Waals surface area contributed by atoms with Crippen molar-refractivity contribution in [3.63, 3.8) is 0 Å². The number of hydrogen-bond donors (Lipinski definition) is 0. The van der Waals surface area contributed by atoms with Crippen molar-refractivity contribution >= 4 is 6.21 Å². The van der Waals surface area contributed by atoms with Crippen LogP contribution in [0.5, 0.6) is 0 Å². The third-order valence-corrected chi connectivity index (χ3v) is 2.33. The van der Waals surface area contributed by atoms with E-state index in [1.807, 2.05) is 0 Å². The van der Waals surface area contributed by atoms with Gasteiger partial charge in [-0.05, 0) is 31.9 Å². The first-order valence-corrected chi connectivity index (χ1v) is 4.95. The summed E-state index contributed by atoms with van der Waals surface area (Å²) in [5, 5.41) is 0. The summed E-state index contributed by atoms with van der Waals surface area (Å²) >= 11 is 0. The molecule has 0 aliphatic carbocycles. The molecule has 0 N–H and O–H groups in total. The van der Waals surface area contributed by atoms with E-state index in [4.69, 9.17) is 0 Å². The third kappa shape index (κ3) is 3.54. The normalized spacial score (nSPS) is 23.9. The smallest absolute Gasteiger partial charge is 0.0495 e. The minimum Gasteiger partial charge on any atom is -0.294 e. The summed E-state index contributed by atoms with van der Waals surface area (Å²) in [6.45, 7) is 2.25. The maximum Gasteiger partial charge on any atom is 0.0495 e. The second-order valence-electron chi connectivity index (χ2n) is 3.41. The van der Waals surface area contributed by atoms with Crippen LogP contribution in [0, 0.1) is 0 Å². The molecule has 0 radical (unpaired) electrons. The largest absolute Gasteiger partial charge is 0.294 e. The van der Waals surface area contributed by atoms with Crippen molar-refractivity contribution in [1.82, 2.24) is 0 Å². The lowest BCUT2D eigenvalue weighted by molar-refractivity contribution is 0.508. The van der Waals surface area contributed by atoms with Gasteiger partial charge >= 0.3 is 0 Å². The van der Waals surface area contributed by atoms with Gasteiger partial charge in [-0.25, -0.2) is 0 Å². The van der Waals surface area contributed by atoms with Gasteiger partial charge < -0.3 is 0 Å². The Morgan fingerprint density at radius 3 is 3.00 bits per heavy atom. The molecule has 1 heterocycles. The molecule has 1 rings (SSSR count). The average Bonchev–Trinajstić information content (AvgIpc) is 2.07. The van der Waals surface area contributed by atoms with Crippen LogP contribution in [-0.2, 0) is 0 Å². The van der Waals surface area contributed by atoms with E-state index in [9.17, 15) is 0 Å². The molecule has 1 atom stereocenters.